The SMILES string of the molecule is CCCCOC(=O)n1nc(-c2ccccc2)cc1-c1ccccc1. The summed E-state index contributed by atoms with van der Waals surface area (Å²) < 4.78 is 6.70. The molecule has 0 bridgehead atoms. The molecule has 0 spiro atoms. The Morgan fingerprint density at radius 3 is 2.25 bits per heavy atom. The first kappa shape index (κ1) is 16.0. The largest absolute Gasteiger partial charge is 0.448 e. The highest BCUT2D eigenvalue weighted by Crippen LogP contribution is 2.26. The minimum Gasteiger partial charge on any atom is -0.448 e. The third-order valence-corrected chi connectivity index (χ3v) is 3.74. The smallest absolute Gasteiger partial charge is 0.435 e. The molecule has 4 heteroatoms. The summed E-state index contributed by atoms with van der Waals surface area (Å²) in [6, 6.07) is 21.5. The topological polar surface area (TPSA) is 44.1 Å². The average Bonchev–Trinajstić information content (AvgIpc) is 3.09. The molecule has 24 heavy (non-hydrogen) atoms. The quantitative estimate of drug-likeness (QED) is 0.621. The van der Waals surface area contributed by atoms with Crippen molar-refractivity contribution in [2.24, 2.45) is 0 Å². The maximum absolute atomic E-state index is 12.4. The van der Waals surface area contributed by atoms with Crippen LogP contribution in [0.5, 0.6) is 0 Å². The van der Waals surface area contributed by atoms with Crippen LogP contribution in [0.1, 0.15) is 19.8 Å². The number of rotatable bonds is 5. The van der Waals surface area contributed by atoms with Crippen molar-refractivity contribution in [1.29, 1.82) is 0 Å². The van der Waals surface area contributed by atoms with E-state index in [2.05, 4.69) is 12.0 Å². The van der Waals surface area contributed by atoms with Crippen molar-refractivity contribution in [2.45, 2.75) is 19.8 Å². The molecule has 0 aliphatic carbocycles. The van der Waals surface area contributed by atoms with Gasteiger partial charge in [-0.1, -0.05) is 74.0 Å². The molecule has 0 aliphatic heterocycles. The fraction of sp³-hybridized carbons (Fsp3) is 0.200. The first-order valence-corrected chi connectivity index (χ1v) is 8.17. The summed E-state index contributed by atoms with van der Waals surface area (Å²) in [6.45, 7) is 2.47. The molecule has 4 nitrogen and oxygen atoms in total. The van der Waals surface area contributed by atoms with Gasteiger partial charge < -0.3 is 4.74 Å². The molecule has 0 saturated carbocycles. The highest BCUT2D eigenvalue weighted by molar-refractivity contribution is 5.80. The summed E-state index contributed by atoms with van der Waals surface area (Å²) in [7, 11) is 0. The van der Waals surface area contributed by atoms with E-state index in [1.807, 2.05) is 66.7 Å². The standard InChI is InChI=1S/C20H20N2O2/c1-2-3-14-24-20(23)22-19(17-12-8-5-9-13-17)15-18(21-22)16-10-6-4-7-11-16/h4-13,15H,2-3,14H2,1H3. The Bertz CT molecular complexity index is 795. The van der Waals surface area contributed by atoms with Crippen molar-refractivity contribution in [3.05, 3.63) is 66.7 Å². The summed E-state index contributed by atoms with van der Waals surface area (Å²) in [5.41, 5.74) is 3.38. The molecular weight excluding hydrogens is 300 g/mol. The molecule has 0 aliphatic rings. The number of hydrogen-bond donors (Lipinski definition) is 0. The second-order valence-electron chi connectivity index (χ2n) is 5.53. The van der Waals surface area contributed by atoms with Crippen LogP contribution in [0.15, 0.2) is 66.7 Å². The zero-order chi connectivity index (χ0) is 16.8. The molecule has 0 atom stereocenters. The Morgan fingerprint density at radius 1 is 1.00 bits per heavy atom. The van der Waals surface area contributed by atoms with Crippen molar-refractivity contribution in [1.82, 2.24) is 9.78 Å². The molecular formula is C20H20N2O2. The zero-order valence-electron chi connectivity index (χ0n) is 13.7. The molecule has 2 aromatic carbocycles. The van der Waals surface area contributed by atoms with Crippen molar-refractivity contribution in [3.63, 3.8) is 0 Å². The number of carbonyl (C=O) groups excluding carboxylic acids is 1. The molecule has 1 aromatic heterocycles. The van der Waals surface area contributed by atoms with E-state index in [1.165, 1.54) is 4.68 Å². The van der Waals surface area contributed by atoms with Gasteiger partial charge in [-0.05, 0) is 12.5 Å². The lowest BCUT2D eigenvalue weighted by molar-refractivity contribution is 0.143. The number of carbonyl (C=O) groups is 1. The van der Waals surface area contributed by atoms with Gasteiger partial charge in [0.15, 0.2) is 0 Å². The highest BCUT2D eigenvalue weighted by Gasteiger charge is 2.17. The van der Waals surface area contributed by atoms with Gasteiger partial charge in [-0.2, -0.15) is 9.78 Å². The van der Waals surface area contributed by atoms with Gasteiger partial charge in [0, 0.05) is 11.1 Å². The monoisotopic (exact) mass is 320 g/mol. The Hall–Kier alpha value is -2.88. The van der Waals surface area contributed by atoms with Crippen LogP contribution in [0.3, 0.4) is 0 Å². The summed E-state index contributed by atoms with van der Waals surface area (Å²) in [4.78, 5) is 12.4. The maximum Gasteiger partial charge on any atom is 0.435 e. The lowest BCUT2D eigenvalue weighted by atomic mass is 10.1. The van der Waals surface area contributed by atoms with Crippen LogP contribution >= 0.6 is 0 Å². The van der Waals surface area contributed by atoms with Crippen molar-refractivity contribution < 1.29 is 9.53 Å². The third-order valence-electron chi connectivity index (χ3n) is 3.74. The Labute approximate surface area is 141 Å². The van der Waals surface area contributed by atoms with Gasteiger partial charge >= 0.3 is 6.09 Å². The van der Waals surface area contributed by atoms with Crippen LogP contribution in [-0.2, 0) is 4.74 Å². The van der Waals surface area contributed by atoms with E-state index in [0.717, 1.165) is 35.4 Å². The first-order valence-electron chi connectivity index (χ1n) is 8.17. The van der Waals surface area contributed by atoms with Crippen molar-refractivity contribution >= 4 is 6.09 Å². The second kappa shape index (κ2) is 7.59. The van der Waals surface area contributed by atoms with Crippen LogP contribution in [0.25, 0.3) is 22.5 Å². The molecule has 0 saturated heterocycles. The van der Waals surface area contributed by atoms with E-state index in [1.54, 1.807) is 0 Å². The van der Waals surface area contributed by atoms with Crippen LogP contribution in [0, 0.1) is 0 Å². The molecule has 0 unspecified atom stereocenters. The molecule has 0 radical (unpaired) electrons. The number of nitrogens with zero attached hydrogens (tertiary/aromatic N) is 2. The van der Waals surface area contributed by atoms with E-state index in [0.29, 0.717) is 6.61 Å². The van der Waals surface area contributed by atoms with Gasteiger partial charge in [0.25, 0.3) is 0 Å². The normalized spacial score (nSPS) is 10.5. The van der Waals surface area contributed by atoms with Gasteiger partial charge in [-0.15, -0.1) is 0 Å². The molecule has 0 fully saturated rings. The summed E-state index contributed by atoms with van der Waals surface area (Å²) >= 11 is 0. The van der Waals surface area contributed by atoms with Gasteiger partial charge in [0.1, 0.15) is 0 Å². The van der Waals surface area contributed by atoms with Gasteiger partial charge in [0.2, 0.25) is 0 Å². The highest BCUT2D eigenvalue weighted by atomic mass is 16.6. The fourth-order valence-electron chi connectivity index (χ4n) is 2.45. The van der Waals surface area contributed by atoms with E-state index >= 15 is 0 Å². The number of unbranched alkanes of at least 4 members (excludes halogenated alkanes) is 1. The predicted molar refractivity (Wildman–Crippen MR) is 94.8 cm³/mol. The zero-order valence-corrected chi connectivity index (χ0v) is 13.7. The van der Waals surface area contributed by atoms with Gasteiger partial charge in [0.05, 0.1) is 18.0 Å². The third kappa shape index (κ3) is 3.54. The summed E-state index contributed by atoms with van der Waals surface area (Å²) in [6.07, 6.45) is 1.39. The molecule has 0 N–H and O–H groups in total. The van der Waals surface area contributed by atoms with Crippen molar-refractivity contribution in [2.75, 3.05) is 6.61 Å². The Kier molecular flexibility index (Phi) is 5.06. The van der Waals surface area contributed by atoms with Crippen LogP contribution in [0.2, 0.25) is 0 Å². The minimum absolute atomic E-state index is 0.407. The average molecular weight is 320 g/mol. The molecule has 122 valence electrons. The lowest BCUT2D eigenvalue weighted by Gasteiger charge is -2.07. The molecule has 1 heterocycles. The van der Waals surface area contributed by atoms with E-state index < -0.39 is 6.09 Å². The van der Waals surface area contributed by atoms with Crippen LogP contribution in [-0.4, -0.2) is 22.5 Å². The second-order valence-corrected chi connectivity index (χ2v) is 5.53. The fourth-order valence-corrected chi connectivity index (χ4v) is 2.45. The van der Waals surface area contributed by atoms with Gasteiger partial charge in [-0.25, -0.2) is 4.79 Å². The molecule has 3 aromatic rings. The maximum atomic E-state index is 12.4. The van der Waals surface area contributed by atoms with Crippen LogP contribution < -0.4 is 0 Å². The van der Waals surface area contributed by atoms with E-state index in [9.17, 15) is 4.79 Å². The molecule has 3 rings (SSSR count). The lowest BCUT2D eigenvalue weighted by Crippen LogP contribution is -2.17. The van der Waals surface area contributed by atoms with Gasteiger partial charge in [-0.3, -0.25) is 0 Å². The Morgan fingerprint density at radius 2 is 1.62 bits per heavy atom. The molecule has 0 amide bonds. The van der Waals surface area contributed by atoms with Crippen molar-refractivity contribution in [3.8, 4) is 22.5 Å². The Balaban J connectivity index is 1.99. The number of ether oxygens (including phenoxy) is 1. The van der Waals surface area contributed by atoms with E-state index in [-0.39, 0.29) is 0 Å². The number of aromatic nitrogens is 2. The number of benzene rings is 2. The minimum atomic E-state index is -0.440. The predicted octanol–water partition coefficient (Wildman–Crippen LogP) is 5.00. The van der Waals surface area contributed by atoms with Crippen LogP contribution in [0.4, 0.5) is 4.79 Å². The summed E-state index contributed by atoms with van der Waals surface area (Å²) in [5.74, 6) is 0. The number of hydrogen-bond acceptors (Lipinski definition) is 3. The van der Waals surface area contributed by atoms with E-state index in [4.69, 9.17) is 4.74 Å². The summed E-state index contributed by atoms with van der Waals surface area (Å²) in [5, 5.41) is 4.48. The first-order chi connectivity index (χ1) is 11.8.